The molecule has 0 aromatic carbocycles. The number of hydrogen-bond acceptors (Lipinski definition) is 5. The van der Waals surface area contributed by atoms with Crippen molar-refractivity contribution >= 4 is 11.9 Å². The van der Waals surface area contributed by atoms with Crippen LogP contribution in [-0.2, 0) is 14.3 Å². The van der Waals surface area contributed by atoms with Crippen molar-refractivity contribution in [1.82, 2.24) is 5.32 Å². The third-order valence-corrected chi connectivity index (χ3v) is 11.5. The maximum Gasteiger partial charge on any atom is 0.305 e. The van der Waals surface area contributed by atoms with Crippen molar-refractivity contribution in [3.63, 3.8) is 0 Å². The van der Waals surface area contributed by atoms with Crippen LogP contribution in [0.4, 0.5) is 0 Å². The fourth-order valence-corrected chi connectivity index (χ4v) is 7.46. The lowest BCUT2D eigenvalue weighted by atomic mass is 10.1. The molecule has 1 amide bonds. The van der Waals surface area contributed by atoms with Gasteiger partial charge in [-0.3, -0.25) is 9.59 Å². The third-order valence-electron chi connectivity index (χ3n) is 11.5. The molecule has 0 rings (SSSR count). The maximum atomic E-state index is 12.4. The molecule has 0 radical (unpaired) electrons. The number of amides is 1. The lowest BCUT2D eigenvalue weighted by Crippen LogP contribution is -2.45. The Morgan fingerprint density at radius 1 is 0.459 bits per heavy atom. The molecule has 0 bridgehead atoms. The van der Waals surface area contributed by atoms with E-state index in [-0.39, 0.29) is 18.5 Å². The highest BCUT2D eigenvalue weighted by Crippen LogP contribution is 2.14. The number of aliphatic hydroxyl groups is 2. The molecule has 61 heavy (non-hydrogen) atoms. The number of rotatable bonds is 47. The predicted octanol–water partition coefficient (Wildman–Crippen LogP) is 15.6. The van der Waals surface area contributed by atoms with E-state index >= 15 is 0 Å². The Morgan fingerprint density at radius 3 is 1.26 bits per heavy atom. The second kappa shape index (κ2) is 50.2. The summed E-state index contributed by atoms with van der Waals surface area (Å²) in [6.45, 7) is 4.80. The lowest BCUT2D eigenvalue weighted by Gasteiger charge is -2.20. The number of carbonyl (C=O) groups excluding carboxylic acids is 2. The molecule has 2 unspecified atom stereocenters. The zero-order valence-corrected chi connectivity index (χ0v) is 40.1. The van der Waals surface area contributed by atoms with Gasteiger partial charge in [0.05, 0.1) is 25.4 Å². The largest absolute Gasteiger partial charge is 0.466 e. The minimum atomic E-state index is -0.855. The van der Waals surface area contributed by atoms with E-state index in [2.05, 4.69) is 67.8 Å². The molecule has 0 aliphatic carbocycles. The minimum Gasteiger partial charge on any atom is -0.466 e. The first-order valence-corrected chi connectivity index (χ1v) is 26.1. The van der Waals surface area contributed by atoms with Gasteiger partial charge in [0, 0.05) is 12.8 Å². The van der Waals surface area contributed by atoms with E-state index in [1.165, 1.54) is 128 Å². The number of nitrogens with one attached hydrogen (secondary N) is 1. The smallest absolute Gasteiger partial charge is 0.305 e. The minimum absolute atomic E-state index is 0.0312. The summed E-state index contributed by atoms with van der Waals surface area (Å²) < 4.78 is 5.44. The molecule has 0 aromatic heterocycles. The highest BCUT2D eigenvalue weighted by Gasteiger charge is 2.18. The highest BCUT2D eigenvalue weighted by molar-refractivity contribution is 5.76. The Bertz CT molecular complexity index is 1080. The molecule has 0 aromatic rings. The molecule has 354 valence electrons. The number of carbonyl (C=O) groups is 2. The lowest BCUT2D eigenvalue weighted by molar-refractivity contribution is -0.143. The molecular formula is C55H99NO5. The Kier molecular flexibility index (Phi) is 48.2. The molecule has 0 saturated carbocycles. The van der Waals surface area contributed by atoms with Gasteiger partial charge in [0.15, 0.2) is 0 Å². The first-order valence-electron chi connectivity index (χ1n) is 26.1. The quantitative estimate of drug-likeness (QED) is 0.0322. The molecule has 6 heteroatoms. The summed E-state index contributed by atoms with van der Waals surface area (Å²) in [4.78, 5) is 24.4. The van der Waals surface area contributed by atoms with Crippen molar-refractivity contribution < 1.29 is 24.5 Å². The fraction of sp³-hybridized carbons (Fsp3) is 0.782. The van der Waals surface area contributed by atoms with E-state index in [4.69, 9.17) is 4.74 Å². The van der Waals surface area contributed by atoms with Gasteiger partial charge >= 0.3 is 5.97 Å². The van der Waals surface area contributed by atoms with Crippen LogP contribution in [0.5, 0.6) is 0 Å². The number of allylic oxidation sites excluding steroid dienone is 9. The van der Waals surface area contributed by atoms with Gasteiger partial charge in [-0.1, -0.05) is 197 Å². The van der Waals surface area contributed by atoms with E-state index in [1.807, 2.05) is 6.08 Å². The van der Waals surface area contributed by atoms with Crippen LogP contribution in [0.1, 0.15) is 251 Å². The second-order valence-corrected chi connectivity index (χ2v) is 17.5. The topological polar surface area (TPSA) is 95.9 Å². The van der Waals surface area contributed by atoms with Gasteiger partial charge < -0.3 is 20.3 Å². The summed E-state index contributed by atoms with van der Waals surface area (Å²) in [5.41, 5.74) is 0. The highest BCUT2D eigenvalue weighted by atomic mass is 16.5. The number of ether oxygens (including phenoxy) is 1. The summed E-state index contributed by atoms with van der Waals surface area (Å²) >= 11 is 0. The molecule has 3 N–H and O–H groups in total. The van der Waals surface area contributed by atoms with Crippen LogP contribution in [0, 0.1) is 0 Å². The molecule has 6 nitrogen and oxygen atoms in total. The molecule has 0 heterocycles. The average Bonchev–Trinajstić information content (AvgIpc) is 3.26. The maximum absolute atomic E-state index is 12.4. The first-order chi connectivity index (χ1) is 30.0. The fourth-order valence-electron chi connectivity index (χ4n) is 7.46. The van der Waals surface area contributed by atoms with Gasteiger partial charge in [0.25, 0.3) is 0 Å². The van der Waals surface area contributed by atoms with Crippen LogP contribution in [-0.4, -0.2) is 47.4 Å². The van der Waals surface area contributed by atoms with Crippen molar-refractivity contribution in [3.8, 4) is 0 Å². The van der Waals surface area contributed by atoms with E-state index < -0.39 is 12.1 Å². The van der Waals surface area contributed by atoms with Gasteiger partial charge in [0.1, 0.15) is 0 Å². The molecule has 0 spiro atoms. The van der Waals surface area contributed by atoms with Crippen LogP contribution in [0.15, 0.2) is 60.8 Å². The second-order valence-electron chi connectivity index (χ2n) is 17.5. The average molecular weight is 854 g/mol. The molecular weight excluding hydrogens is 755 g/mol. The Morgan fingerprint density at radius 2 is 0.820 bits per heavy atom. The van der Waals surface area contributed by atoms with E-state index in [0.717, 1.165) is 96.3 Å². The van der Waals surface area contributed by atoms with Crippen LogP contribution in [0.3, 0.4) is 0 Å². The number of esters is 1. The number of unbranched alkanes of at least 4 members (excludes halogenated alkanes) is 28. The summed E-state index contributed by atoms with van der Waals surface area (Å²) in [5.74, 6) is -0.119. The van der Waals surface area contributed by atoms with Crippen molar-refractivity contribution in [2.24, 2.45) is 0 Å². The monoisotopic (exact) mass is 854 g/mol. The third kappa shape index (κ3) is 46.9. The zero-order chi connectivity index (χ0) is 44.4. The van der Waals surface area contributed by atoms with Gasteiger partial charge in [0.2, 0.25) is 5.91 Å². The van der Waals surface area contributed by atoms with Gasteiger partial charge in [-0.25, -0.2) is 0 Å². The van der Waals surface area contributed by atoms with Crippen molar-refractivity contribution in [3.05, 3.63) is 60.8 Å². The van der Waals surface area contributed by atoms with Crippen molar-refractivity contribution in [2.75, 3.05) is 13.2 Å². The molecule has 0 fully saturated rings. The number of aliphatic hydroxyl groups excluding tert-OH is 2. The van der Waals surface area contributed by atoms with Crippen LogP contribution >= 0.6 is 0 Å². The zero-order valence-electron chi connectivity index (χ0n) is 40.1. The van der Waals surface area contributed by atoms with Crippen molar-refractivity contribution in [2.45, 2.75) is 264 Å². The van der Waals surface area contributed by atoms with Gasteiger partial charge in [-0.05, 0) is 103 Å². The SMILES string of the molecule is CCCCCC/C=C\C/C=C\CCCCCCCC(=O)OCCCCC/C=C\C/C=C\CCCCCCCCCC(=O)NC(CO)C(O)/C=C/CCCCCCCCCCC. The van der Waals surface area contributed by atoms with Gasteiger partial charge in [-0.2, -0.15) is 0 Å². The molecule has 0 aliphatic rings. The molecule has 0 aliphatic heterocycles. The summed E-state index contributed by atoms with van der Waals surface area (Å²) in [5, 5.41) is 23.0. The molecule has 2 atom stereocenters. The van der Waals surface area contributed by atoms with Crippen molar-refractivity contribution in [1.29, 1.82) is 0 Å². The summed E-state index contributed by atoms with van der Waals surface area (Å²) in [7, 11) is 0. The predicted molar refractivity (Wildman–Crippen MR) is 264 cm³/mol. The Labute approximate surface area is 378 Å². The Hall–Kier alpha value is -2.44. The number of hydrogen-bond donors (Lipinski definition) is 3. The summed E-state index contributed by atoms with van der Waals surface area (Å²) in [6.07, 6.45) is 63.7. The van der Waals surface area contributed by atoms with Crippen LogP contribution in [0.2, 0.25) is 0 Å². The van der Waals surface area contributed by atoms with Crippen LogP contribution < -0.4 is 5.32 Å². The molecule has 0 saturated heterocycles. The Balaban J connectivity index is 3.54. The van der Waals surface area contributed by atoms with E-state index in [1.54, 1.807) is 6.08 Å². The van der Waals surface area contributed by atoms with E-state index in [9.17, 15) is 19.8 Å². The first kappa shape index (κ1) is 58.6. The van der Waals surface area contributed by atoms with E-state index in [0.29, 0.717) is 19.4 Å². The van der Waals surface area contributed by atoms with Gasteiger partial charge in [-0.15, -0.1) is 0 Å². The normalized spacial score (nSPS) is 13.2. The standard InChI is InChI=1S/C55H99NO5/c1-3-5-7-9-11-13-15-16-17-22-25-29-33-37-41-45-49-55(60)61-50-46-42-38-34-30-26-23-20-18-19-21-24-28-32-36-40-44-48-54(59)56-52(51-57)53(58)47-43-39-35-31-27-14-12-10-8-6-4-2/h13,15,17-18,20,22,26,30,43,47,52-53,57-58H,3-12,14,16,19,21,23-25,27-29,31-42,44-46,48-51H2,1-2H3,(H,56,59)/b15-13-,20-18-,22-17-,30-26-,47-43+. The van der Waals surface area contributed by atoms with Crippen LogP contribution in [0.25, 0.3) is 0 Å². The summed E-state index contributed by atoms with van der Waals surface area (Å²) in [6, 6.07) is -0.640.